The van der Waals surface area contributed by atoms with Crippen molar-refractivity contribution < 1.29 is 38.4 Å². The van der Waals surface area contributed by atoms with E-state index < -0.39 is 36.4 Å². The molecule has 0 amide bonds. The van der Waals surface area contributed by atoms with Crippen LogP contribution in [0.4, 0.5) is 0 Å². The highest BCUT2D eigenvalue weighted by Crippen LogP contribution is 2.29. The quantitative estimate of drug-likeness (QED) is 0.597. The third-order valence-corrected chi connectivity index (χ3v) is 4.87. The van der Waals surface area contributed by atoms with E-state index in [1.54, 1.807) is 31.4 Å². The first-order valence-corrected chi connectivity index (χ1v) is 9.13. The molecule has 2 aliphatic rings. The zero-order valence-corrected chi connectivity index (χ0v) is 15.6. The molecule has 2 aromatic rings. The Labute approximate surface area is 166 Å². The molecule has 0 radical (unpaired) electrons. The standard InChI is InChI=1S/C21H20O8/c1-25-14-6-2-12(3-7-14)20(23)28-15-8-4-13(5-9-15)21(24)29-17-11-27-18-16(22)10-26-19(17)18/h2-9,16-19,22H,10-11H2,1H3/t16-,17+,18+,19+/m0/s1. The maximum atomic E-state index is 12.4. The van der Waals surface area contributed by atoms with Crippen molar-refractivity contribution in [2.75, 3.05) is 20.3 Å². The van der Waals surface area contributed by atoms with Crippen LogP contribution in [0.5, 0.6) is 11.5 Å². The Kier molecular flexibility index (Phi) is 5.48. The molecule has 29 heavy (non-hydrogen) atoms. The second-order valence-electron chi connectivity index (χ2n) is 6.75. The van der Waals surface area contributed by atoms with Crippen molar-refractivity contribution in [1.29, 1.82) is 0 Å². The maximum absolute atomic E-state index is 12.4. The van der Waals surface area contributed by atoms with Crippen molar-refractivity contribution >= 4 is 11.9 Å². The average Bonchev–Trinajstić information content (AvgIpc) is 3.31. The van der Waals surface area contributed by atoms with Gasteiger partial charge in [0.1, 0.15) is 29.8 Å². The molecule has 0 unspecified atom stereocenters. The van der Waals surface area contributed by atoms with E-state index in [0.717, 1.165) is 0 Å². The highest BCUT2D eigenvalue weighted by Gasteiger charge is 2.49. The van der Waals surface area contributed by atoms with E-state index in [2.05, 4.69) is 0 Å². The molecular formula is C21H20O8. The number of hydrogen-bond acceptors (Lipinski definition) is 8. The Bertz CT molecular complexity index is 877. The van der Waals surface area contributed by atoms with Crippen molar-refractivity contribution in [3.8, 4) is 11.5 Å². The van der Waals surface area contributed by atoms with E-state index in [0.29, 0.717) is 22.6 Å². The van der Waals surface area contributed by atoms with Gasteiger partial charge in [0.15, 0.2) is 6.10 Å². The number of benzene rings is 2. The highest BCUT2D eigenvalue weighted by atomic mass is 16.6. The fraction of sp³-hybridized carbons (Fsp3) is 0.333. The average molecular weight is 400 g/mol. The minimum atomic E-state index is -0.705. The first-order valence-electron chi connectivity index (χ1n) is 9.13. The van der Waals surface area contributed by atoms with Gasteiger partial charge in [0.25, 0.3) is 0 Å². The van der Waals surface area contributed by atoms with E-state index in [9.17, 15) is 14.7 Å². The van der Waals surface area contributed by atoms with Crippen LogP contribution in [-0.2, 0) is 14.2 Å². The van der Waals surface area contributed by atoms with Crippen LogP contribution in [0.3, 0.4) is 0 Å². The molecule has 8 heteroatoms. The number of ether oxygens (including phenoxy) is 5. The normalized spacial score (nSPS) is 25.3. The Morgan fingerprint density at radius 1 is 0.862 bits per heavy atom. The summed E-state index contributed by atoms with van der Waals surface area (Å²) in [4.78, 5) is 24.6. The van der Waals surface area contributed by atoms with Gasteiger partial charge in [-0.05, 0) is 48.5 Å². The van der Waals surface area contributed by atoms with Gasteiger partial charge >= 0.3 is 11.9 Å². The van der Waals surface area contributed by atoms with Crippen molar-refractivity contribution in [3.05, 3.63) is 59.7 Å². The van der Waals surface area contributed by atoms with Crippen molar-refractivity contribution in [1.82, 2.24) is 0 Å². The third kappa shape index (κ3) is 4.09. The van der Waals surface area contributed by atoms with Gasteiger partial charge in [-0.1, -0.05) is 0 Å². The number of esters is 2. The lowest BCUT2D eigenvalue weighted by Crippen LogP contribution is -2.34. The van der Waals surface area contributed by atoms with Gasteiger partial charge in [0.2, 0.25) is 0 Å². The van der Waals surface area contributed by atoms with E-state index in [4.69, 9.17) is 23.7 Å². The molecule has 2 aromatic carbocycles. The summed E-state index contributed by atoms with van der Waals surface area (Å²) in [5, 5.41) is 9.74. The number of hydrogen-bond donors (Lipinski definition) is 1. The largest absolute Gasteiger partial charge is 0.497 e. The number of rotatable bonds is 5. The zero-order valence-electron chi connectivity index (χ0n) is 15.6. The summed E-state index contributed by atoms with van der Waals surface area (Å²) in [5.74, 6) is -0.124. The highest BCUT2D eigenvalue weighted by molar-refractivity contribution is 5.92. The van der Waals surface area contributed by atoms with E-state index >= 15 is 0 Å². The number of carbonyl (C=O) groups is 2. The van der Waals surface area contributed by atoms with Crippen LogP contribution < -0.4 is 9.47 Å². The van der Waals surface area contributed by atoms with Crippen LogP contribution in [0.25, 0.3) is 0 Å². The molecule has 0 saturated carbocycles. The Balaban J connectivity index is 1.35. The first-order chi connectivity index (χ1) is 14.0. The van der Waals surface area contributed by atoms with E-state index in [-0.39, 0.29) is 13.2 Å². The smallest absolute Gasteiger partial charge is 0.343 e. The van der Waals surface area contributed by atoms with Crippen LogP contribution in [0.15, 0.2) is 48.5 Å². The number of methoxy groups -OCH3 is 1. The minimum absolute atomic E-state index is 0.164. The molecule has 1 N–H and O–H groups in total. The fourth-order valence-corrected chi connectivity index (χ4v) is 3.30. The van der Waals surface area contributed by atoms with E-state index in [1.165, 1.54) is 24.3 Å². The summed E-state index contributed by atoms with van der Waals surface area (Å²) in [5.41, 5.74) is 0.681. The van der Waals surface area contributed by atoms with Crippen LogP contribution in [0, 0.1) is 0 Å². The zero-order chi connectivity index (χ0) is 20.4. The predicted octanol–water partition coefficient (Wildman–Crippen LogP) is 1.60. The van der Waals surface area contributed by atoms with Gasteiger partial charge in [-0.25, -0.2) is 9.59 Å². The molecule has 2 fully saturated rings. The molecule has 0 bridgehead atoms. The number of carbonyl (C=O) groups excluding carboxylic acids is 2. The molecule has 152 valence electrons. The number of fused-ring (bicyclic) bond motifs is 1. The topological polar surface area (TPSA) is 101 Å². The summed E-state index contributed by atoms with van der Waals surface area (Å²) in [6.07, 6.45) is -2.20. The molecule has 4 atom stereocenters. The molecular weight excluding hydrogens is 380 g/mol. The molecule has 2 heterocycles. The summed E-state index contributed by atoms with van der Waals surface area (Å²) >= 11 is 0. The lowest BCUT2D eigenvalue weighted by atomic mass is 10.1. The minimum Gasteiger partial charge on any atom is -0.497 e. The Morgan fingerprint density at radius 2 is 1.45 bits per heavy atom. The molecule has 2 saturated heterocycles. The molecule has 0 aromatic heterocycles. The van der Waals surface area contributed by atoms with E-state index in [1.807, 2.05) is 0 Å². The van der Waals surface area contributed by atoms with Crippen LogP contribution in [0.2, 0.25) is 0 Å². The van der Waals surface area contributed by atoms with Crippen molar-refractivity contribution in [2.45, 2.75) is 24.4 Å². The third-order valence-electron chi connectivity index (χ3n) is 4.87. The van der Waals surface area contributed by atoms with Gasteiger partial charge in [0.05, 0.1) is 31.5 Å². The molecule has 0 aliphatic carbocycles. The Morgan fingerprint density at radius 3 is 2.10 bits per heavy atom. The van der Waals surface area contributed by atoms with Gasteiger partial charge in [-0.2, -0.15) is 0 Å². The first kappa shape index (κ1) is 19.4. The second kappa shape index (κ2) is 8.20. The van der Waals surface area contributed by atoms with Crippen LogP contribution in [-0.4, -0.2) is 61.8 Å². The molecule has 4 rings (SSSR count). The fourth-order valence-electron chi connectivity index (χ4n) is 3.30. The summed E-state index contributed by atoms with van der Waals surface area (Å²) in [6, 6.07) is 12.6. The van der Waals surface area contributed by atoms with Gasteiger partial charge in [-0.3, -0.25) is 0 Å². The number of aliphatic hydroxyl groups is 1. The van der Waals surface area contributed by atoms with Gasteiger partial charge in [-0.15, -0.1) is 0 Å². The summed E-state index contributed by atoms with van der Waals surface area (Å²) < 4.78 is 26.7. The Hall–Kier alpha value is -2.94. The predicted molar refractivity (Wildman–Crippen MR) is 99.1 cm³/mol. The van der Waals surface area contributed by atoms with Crippen molar-refractivity contribution in [3.63, 3.8) is 0 Å². The van der Waals surface area contributed by atoms with Gasteiger partial charge < -0.3 is 28.8 Å². The summed E-state index contributed by atoms with van der Waals surface area (Å²) in [6.45, 7) is 0.341. The second-order valence-corrected chi connectivity index (χ2v) is 6.75. The summed E-state index contributed by atoms with van der Waals surface area (Å²) in [7, 11) is 1.54. The molecule has 2 aliphatic heterocycles. The monoisotopic (exact) mass is 400 g/mol. The van der Waals surface area contributed by atoms with Crippen molar-refractivity contribution in [2.24, 2.45) is 0 Å². The lowest BCUT2D eigenvalue weighted by molar-refractivity contribution is -0.0209. The molecule has 8 nitrogen and oxygen atoms in total. The van der Waals surface area contributed by atoms with Gasteiger partial charge in [0, 0.05) is 0 Å². The lowest BCUT2D eigenvalue weighted by Gasteiger charge is -2.16. The maximum Gasteiger partial charge on any atom is 0.343 e. The molecule has 0 spiro atoms. The van der Waals surface area contributed by atoms with Crippen LogP contribution >= 0.6 is 0 Å². The number of aliphatic hydroxyl groups excluding tert-OH is 1. The van der Waals surface area contributed by atoms with Crippen LogP contribution in [0.1, 0.15) is 20.7 Å². The SMILES string of the molecule is COc1ccc(C(=O)Oc2ccc(C(=O)O[C@@H]3CO[C@H]4[C@@H]3OC[C@@H]4O)cc2)cc1.